The standard InChI is InChI=1S/C15H24N2O/c1-12-6-7-14(15(11-12)18-3)16-13-5-4-9-17(2)10-8-13/h6-7,11,13,16H,4-5,8-10H2,1-3H3. The van der Waals surface area contributed by atoms with Crippen molar-refractivity contribution in [2.75, 3.05) is 32.6 Å². The van der Waals surface area contributed by atoms with Gasteiger partial charge in [0.2, 0.25) is 0 Å². The van der Waals surface area contributed by atoms with Crippen LogP contribution in [-0.4, -0.2) is 38.2 Å². The van der Waals surface area contributed by atoms with Gasteiger partial charge >= 0.3 is 0 Å². The zero-order valence-electron chi connectivity index (χ0n) is 11.7. The monoisotopic (exact) mass is 248 g/mol. The van der Waals surface area contributed by atoms with Crippen LogP contribution in [0.3, 0.4) is 0 Å². The zero-order valence-corrected chi connectivity index (χ0v) is 11.7. The van der Waals surface area contributed by atoms with E-state index in [0.29, 0.717) is 6.04 Å². The zero-order chi connectivity index (χ0) is 13.0. The van der Waals surface area contributed by atoms with E-state index in [1.807, 2.05) is 0 Å². The second-order valence-electron chi connectivity index (χ2n) is 5.28. The van der Waals surface area contributed by atoms with Gasteiger partial charge in [0, 0.05) is 6.04 Å². The molecular weight excluding hydrogens is 224 g/mol. The summed E-state index contributed by atoms with van der Waals surface area (Å²) in [6.07, 6.45) is 3.71. The van der Waals surface area contributed by atoms with Gasteiger partial charge in [-0.25, -0.2) is 0 Å². The number of nitrogens with zero attached hydrogens (tertiary/aromatic N) is 1. The van der Waals surface area contributed by atoms with Gasteiger partial charge in [-0.15, -0.1) is 0 Å². The number of hydrogen-bond donors (Lipinski definition) is 1. The van der Waals surface area contributed by atoms with Crippen molar-refractivity contribution in [3.63, 3.8) is 0 Å². The number of anilines is 1. The number of hydrogen-bond acceptors (Lipinski definition) is 3. The lowest BCUT2D eigenvalue weighted by Gasteiger charge is -2.20. The SMILES string of the molecule is COc1cc(C)ccc1NC1CCCN(C)CC1. The summed E-state index contributed by atoms with van der Waals surface area (Å²) in [6, 6.07) is 6.91. The van der Waals surface area contributed by atoms with Gasteiger partial charge in [-0.1, -0.05) is 6.07 Å². The molecule has 0 radical (unpaired) electrons. The van der Waals surface area contributed by atoms with Gasteiger partial charge in [0.05, 0.1) is 12.8 Å². The van der Waals surface area contributed by atoms with Gasteiger partial charge in [-0.2, -0.15) is 0 Å². The first-order valence-corrected chi connectivity index (χ1v) is 6.79. The second-order valence-corrected chi connectivity index (χ2v) is 5.28. The molecule has 1 aromatic carbocycles. The van der Waals surface area contributed by atoms with Crippen LogP contribution < -0.4 is 10.1 Å². The maximum absolute atomic E-state index is 5.45. The Bertz CT molecular complexity index is 392. The van der Waals surface area contributed by atoms with Crippen molar-refractivity contribution in [3.05, 3.63) is 23.8 Å². The van der Waals surface area contributed by atoms with E-state index in [2.05, 4.69) is 42.4 Å². The van der Waals surface area contributed by atoms with Gasteiger partial charge in [0.25, 0.3) is 0 Å². The third-order valence-electron chi connectivity index (χ3n) is 3.67. The van der Waals surface area contributed by atoms with E-state index < -0.39 is 0 Å². The molecule has 100 valence electrons. The Hall–Kier alpha value is -1.22. The number of nitrogens with one attached hydrogen (secondary N) is 1. The first-order valence-electron chi connectivity index (χ1n) is 6.79. The molecule has 0 aromatic heterocycles. The third-order valence-corrected chi connectivity index (χ3v) is 3.67. The molecule has 1 saturated heterocycles. The number of benzene rings is 1. The van der Waals surface area contributed by atoms with E-state index in [1.54, 1.807) is 7.11 Å². The van der Waals surface area contributed by atoms with Crippen LogP contribution in [0, 0.1) is 6.92 Å². The molecule has 1 N–H and O–H groups in total. The molecule has 2 rings (SSSR count). The highest BCUT2D eigenvalue weighted by Crippen LogP contribution is 2.27. The Kier molecular flexibility index (Phi) is 4.48. The van der Waals surface area contributed by atoms with Crippen molar-refractivity contribution in [1.82, 2.24) is 4.90 Å². The van der Waals surface area contributed by atoms with Crippen LogP contribution in [0.5, 0.6) is 5.75 Å². The van der Waals surface area contributed by atoms with Gasteiger partial charge in [0.15, 0.2) is 0 Å². The van der Waals surface area contributed by atoms with Gasteiger partial charge in [-0.05, 0) is 64.0 Å². The lowest BCUT2D eigenvalue weighted by atomic mass is 10.1. The number of rotatable bonds is 3. The first kappa shape index (κ1) is 13.2. The maximum Gasteiger partial charge on any atom is 0.142 e. The minimum absolute atomic E-state index is 0.562. The fourth-order valence-corrected chi connectivity index (χ4v) is 2.52. The molecule has 1 fully saturated rings. The van der Waals surface area contributed by atoms with Crippen LogP contribution in [0.4, 0.5) is 5.69 Å². The average Bonchev–Trinajstić information content (AvgIpc) is 2.56. The highest BCUT2D eigenvalue weighted by atomic mass is 16.5. The minimum Gasteiger partial charge on any atom is -0.495 e. The molecule has 1 aromatic rings. The molecule has 0 saturated carbocycles. The minimum atomic E-state index is 0.562. The van der Waals surface area contributed by atoms with E-state index >= 15 is 0 Å². The van der Waals surface area contributed by atoms with Crippen molar-refractivity contribution in [2.24, 2.45) is 0 Å². The number of ether oxygens (including phenoxy) is 1. The maximum atomic E-state index is 5.45. The normalized spacial score (nSPS) is 21.4. The molecule has 0 aliphatic carbocycles. The van der Waals surface area contributed by atoms with Crippen molar-refractivity contribution < 1.29 is 4.74 Å². The fourth-order valence-electron chi connectivity index (χ4n) is 2.52. The summed E-state index contributed by atoms with van der Waals surface area (Å²) in [7, 11) is 3.94. The van der Waals surface area contributed by atoms with Gasteiger partial charge in [0.1, 0.15) is 5.75 Å². The van der Waals surface area contributed by atoms with E-state index in [-0.39, 0.29) is 0 Å². The summed E-state index contributed by atoms with van der Waals surface area (Å²) in [5.41, 5.74) is 2.36. The lowest BCUT2D eigenvalue weighted by Crippen LogP contribution is -2.23. The van der Waals surface area contributed by atoms with Crippen molar-refractivity contribution in [2.45, 2.75) is 32.2 Å². The molecule has 1 aliphatic rings. The molecule has 0 amide bonds. The summed E-state index contributed by atoms with van der Waals surface area (Å²) < 4.78 is 5.45. The lowest BCUT2D eigenvalue weighted by molar-refractivity contribution is 0.348. The highest BCUT2D eigenvalue weighted by Gasteiger charge is 2.15. The van der Waals surface area contributed by atoms with Crippen molar-refractivity contribution >= 4 is 5.69 Å². The van der Waals surface area contributed by atoms with Gasteiger partial charge in [-0.3, -0.25) is 0 Å². The second kappa shape index (κ2) is 6.10. The van der Waals surface area contributed by atoms with E-state index in [1.165, 1.54) is 37.9 Å². The topological polar surface area (TPSA) is 24.5 Å². The Morgan fingerprint density at radius 3 is 2.89 bits per heavy atom. The molecule has 0 bridgehead atoms. The number of likely N-dealkylation sites (tertiary alicyclic amines) is 1. The molecule has 0 spiro atoms. The third kappa shape index (κ3) is 3.39. The first-order chi connectivity index (χ1) is 8.69. The Morgan fingerprint density at radius 1 is 1.28 bits per heavy atom. The molecule has 1 heterocycles. The fraction of sp³-hybridized carbons (Fsp3) is 0.600. The van der Waals surface area contributed by atoms with Crippen molar-refractivity contribution in [1.29, 1.82) is 0 Å². The Labute approximate surface area is 110 Å². The Morgan fingerprint density at radius 2 is 2.11 bits per heavy atom. The average molecular weight is 248 g/mol. The quantitative estimate of drug-likeness (QED) is 0.890. The summed E-state index contributed by atoms with van der Waals surface area (Å²) in [4.78, 5) is 2.41. The predicted octanol–water partition coefficient (Wildman–Crippen LogP) is 2.90. The van der Waals surface area contributed by atoms with Crippen LogP contribution >= 0.6 is 0 Å². The molecular formula is C15H24N2O. The Balaban J connectivity index is 2.04. The summed E-state index contributed by atoms with van der Waals surface area (Å²) >= 11 is 0. The van der Waals surface area contributed by atoms with Crippen LogP contribution in [0.2, 0.25) is 0 Å². The van der Waals surface area contributed by atoms with Crippen LogP contribution in [0.1, 0.15) is 24.8 Å². The summed E-state index contributed by atoms with van der Waals surface area (Å²) in [5.74, 6) is 0.951. The molecule has 18 heavy (non-hydrogen) atoms. The summed E-state index contributed by atoms with van der Waals surface area (Å²) in [6.45, 7) is 4.47. The molecule has 3 nitrogen and oxygen atoms in total. The highest BCUT2D eigenvalue weighted by molar-refractivity contribution is 5.58. The van der Waals surface area contributed by atoms with Gasteiger partial charge < -0.3 is 15.0 Å². The largest absolute Gasteiger partial charge is 0.495 e. The van der Waals surface area contributed by atoms with E-state index in [0.717, 1.165) is 11.4 Å². The van der Waals surface area contributed by atoms with E-state index in [4.69, 9.17) is 4.74 Å². The smallest absolute Gasteiger partial charge is 0.142 e. The van der Waals surface area contributed by atoms with E-state index in [9.17, 15) is 0 Å². The van der Waals surface area contributed by atoms with Crippen LogP contribution in [0.25, 0.3) is 0 Å². The van der Waals surface area contributed by atoms with Crippen LogP contribution in [0.15, 0.2) is 18.2 Å². The van der Waals surface area contributed by atoms with Crippen molar-refractivity contribution in [3.8, 4) is 5.75 Å². The molecule has 3 heteroatoms. The predicted molar refractivity (Wildman–Crippen MR) is 76.5 cm³/mol. The molecule has 1 atom stereocenters. The molecule has 1 aliphatic heterocycles. The molecule has 1 unspecified atom stereocenters. The summed E-state index contributed by atoms with van der Waals surface area (Å²) in [5, 5.41) is 3.64. The number of aryl methyl sites for hydroxylation is 1. The van der Waals surface area contributed by atoms with Crippen LogP contribution in [-0.2, 0) is 0 Å². The number of methoxy groups -OCH3 is 1.